The molecule has 1 amide bonds. The smallest absolute Gasteiger partial charge is 0.337 e. The molecule has 0 unspecified atom stereocenters. The van der Waals surface area contributed by atoms with Crippen molar-refractivity contribution in [3.05, 3.63) is 47.1 Å². The Kier molecular flexibility index (Phi) is 6.36. The van der Waals surface area contributed by atoms with Gasteiger partial charge in [-0.15, -0.1) is 0 Å². The van der Waals surface area contributed by atoms with Crippen molar-refractivity contribution in [1.82, 2.24) is 4.98 Å². The van der Waals surface area contributed by atoms with Crippen molar-refractivity contribution >= 4 is 40.7 Å². The maximum atomic E-state index is 11.7. The Balaban J connectivity index is 2.08. The number of amides is 1. The van der Waals surface area contributed by atoms with Crippen molar-refractivity contribution in [2.45, 2.75) is 20.3 Å². The van der Waals surface area contributed by atoms with E-state index in [1.54, 1.807) is 36.5 Å². The number of hydrogen-bond donors (Lipinski definition) is 2. The Morgan fingerprint density at radius 1 is 1.24 bits per heavy atom. The number of rotatable bonds is 6. The number of anilines is 3. The molecule has 0 saturated heterocycles. The van der Waals surface area contributed by atoms with Crippen LogP contribution in [0.3, 0.4) is 0 Å². The number of nitrogens with one attached hydrogen (secondary N) is 2. The first-order chi connectivity index (χ1) is 11.9. The largest absolute Gasteiger partial charge is 0.465 e. The van der Waals surface area contributed by atoms with E-state index in [4.69, 9.17) is 16.3 Å². The van der Waals surface area contributed by atoms with Gasteiger partial charge in [0.1, 0.15) is 5.82 Å². The summed E-state index contributed by atoms with van der Waals surface area (Å²) < 4.78 is 4.70. The molecule has 132 valence electrons. The van der Waals surface area contributed by atoms with Crippen LogP contribution in [0, 0.1) is 5.92 Å². The van der Waals surface area contributed by atoms with Crippen molar-refractivity contribution in [2.24, 2.45) is 5.92 Å². The lowest BCUT2D eigenvalue weighted by Gasteiger charge is -2.11. The second kappa shape index (κ2) is 8.48. The van der Waals surface area contributed by atoms with Gasteiger partial charge in [-0.1, -0.05) is 25.4 Å². The van der Waals surface area contributed by atoms with Gasteiger partial charge in [0.25, 0.3) is 0 Å². The summed E-state index contributed by atoms with van der Waals surface area (Å²) in [5.41, 5.74) is 1.62. The lowest BCUT2D eigenvalue weighted by molar-refractivity contribution is -0.116. The summed E-state index contributed by atoms with van der Waals surface area (Å²) in [5.74, 6) is 0.244. The van der Waals surface area contributed by atoms with E-state index >= 15 is 0 Å². The van der Waals surface area contributed by atoms with Crippen LogP contribution in [0.4, 0.5) is 17.2 Å². The average molecular weight is 362 g/mol. The van der Waals surface area contributed by atoms with Crippen molar-refractivity contribution in [2.75, 3.05) is 17.7 Å². The van der Waals surface area contributed by atoms with E-state index in [0.717, 1.165) is 0 Å². The Labute approximate surface area is 151 Å². The molecule has 0 saturated carbocycles. The maximum absolute atomic E-state index is 11.7. The van der Waals surface area contributed by atoms with Gasteiger partial charge in [-0.05, 0) is 36.2 Å². The second-order valence-electron chi connectivity index (χ2n) is 5.89. The summed E-state index contributed by atoms with van der Waals surface area (Å²) in [4.78, 5) is 27.5. The molecular formula is C18H20ClN3O3. The normalized spacial score (nSPS) is 10.4. The standard InChI is InChI=1S/C18H20ClN3O3/c1-11(2)8-17(23)22-16-7-5-13(10-20-16)21-15-9-12(18(24)25-3)4-6-14(15)19/h4-7,9-11,21H,8H2,1-3H3,(H,20,22,23). The molecule has 0 bridgehead atoms. The fourth-order valence-corrected chi connectivity index (χ4v) is 2.29. The first kappa shape index (κ1) is 18.7. The number of aromatic nitrogens is 1. The van der Waals surface area contributed by atoms with Gasteiger partial charge in [0.15, 0.2) is 0 Å². The number of methoxy groups -OCH3 is 1. The summed E-state index contributed by atoms with van der Waals surface area (Å²) in [6.07, 6.45) is 2.02. The number of carbonyl (C=O) groups is 2. The van der Waals surface area contributed by atoms with Gasteiger partial charge in [-0.2, -0.15) is 0 Å². The summed E-state index contributed by atoms with van der Waals surface area (Å²) in [6.45, 7) is 3.96. The molecule has 1 heterocycles. The molecule has 6 nitrogen and oxygen atoms in total. The lowest BCUT2D eigenvalue weighted by atomic mass is 10.1. The highest BCUT2D eigenvalue weighted by molar-refractivity contribution is 6.33. The number of halogens is 1. The first-order valence-electron chi connectivity index (χ1n) is 7.80. The lowest BCUT2D eigenvalue weighted by Crippen LogP contribution is -2.14. The molecule has 0 radical (unpaired) electrons. The van der Waals surface area contributed by atoms with E-state index in [1.807, 2.05) is 13.8 Å². The first-order valence-corrected chi connectivity index (χ1v) is 8.17. The van der Waals surface area contributed by atoms with Crippen LogP contribution in [0.15, 0.2) is 36.5 Å². The van der Waals surface area contributed by atoms with Crippen LogP contribution in [0.25, 0.3) is 0 Å². The molecule has 0 fully saturated rings. The minimum atomic E-state index is -0.443. The number of hydrogen-bond acceptors (Lipinski definition) is 5. The molecule has 2 aromatic rings. The molecule has 1 aromatic heterocycles. The van der Waals surface area contributed by atoms with Gasteiger partial charge in [0.2, 0.25) is 5.91 Å². The molecule has 0 spiro atoms. The van der Waals surface area contributed by atoms with E-state index in [1.165, 1.54) is 7.11 Å². The Morgan fingerprint density at radius 2 is 2.00 bits per heavy atom. The highest BCUT2D eigenvalue weighted by Gasteiger charge is 2.10. The SMILES string of the molecule is COC(=O)c1ccc(Cl)c(Nc2ccc(NC(=O)CC(C)C)nc2)c1. The minimum Gasteiger partial charge on any atom is -0.465 e. The predicted octanol–water partition coefficient (Wildman–Crippen LogP) is 4.25. The molecule has 1 aromatic carbocycles. The third kappa shape index (κ3) is 5.46. The highest BCUT2D eigenvalue weighted by Crippen LogP contribution is 2.27. The second-order valence-corrected chi connectivity index (χ2v) is 6.30. The van der Waals surface area contributed by atoms with Gasteiger partial charge in [0, 0.05) is 6.42 Å². The van der Waals surface area contributed by atoms with Crippen LogP contribution in [-0.4, -0.2) is 24.0 Å². The third-order valence-electron chi connectivity index (χ3n) is 3.29. The number of pyridine rings is 1. The Hall–Kier alpha value is -2.60. The summed E-state index contributed by atoms with van der Waals surface area (Å²) in [7, 11) is 1.32. The maximum Gasteiger partial charge on any atom is 0.337 e. The van der Waals surface area contributed by atoms with Crippen molar-refractivity contribution < 1.29 is 14.3 Å². The number of carbonyl (C=O) groups excluding carboxylic acids is 2. The Morgan fingerprint density at radius 3 is 2.60 bits per heavy atom. The topological polar surface area (TPSA) is 80.3 Å². The zero-order valence-electron chi connectivity index (χ0n) is 14.3. The van der Waals surface area contributed by atoms with Gasteiger partial charge in [-0.25, -0.2) is 9.78 Å². The van der Waals surface area contributed by atoms with Crippen LogP contribution in [0.2, 0.25) is 5.02 Å². The van der Waals surface area contributed by atoms with Crippen LogP contribution in [0.1, 0.15) is 30.6 Å². The number of benzene rings is 1. The van der Waals surface area contributed by atoms with Crippen LogP contribution < -0.4 is 10.6 Å². The molecule has 7 heteroatoms. The van der Waals surface area contributed by atoms with E-state index in [9.17, 15) is 9.59 Å². The molecular weight excluding hydrogens is 342 g/mol. The van der Waals surface area contributed by atoms with Crippen molar-refractivity contribution in [3.63, 3.8) is 0 Å². The van der Waals surface area contributed by atoms with Crippen LogP contribution in [-0.2, 0) is 9.53 Å². The molecule has 2 rings (SSSR count). The quantitative estimate of drug-likeness (QED) is 0.752. The molecule has 0 atom stereocenters. The van der Waals surface area contributed by atoms with Gasteiger partial charge >= 0.3 is 5.97 Å². The summed E-state index contributed by atoms with van der Waals surface area (Å²) >= 11 is 6.15. The van der Waals surface area contributed by atoms with Crippen LogP contribution in [0.5, 0.6) is 0 Å². The van der Waals surface area contributed by atoms with Crippen LogP contribution >= 0.6 is 11.6 Å². The predicted molar refractivity (Wildman–Crippen MR) is 98.4 cm³/mol. The highest BCUT2D eigenvalue weighted by atomic mass is 35.5. The number of nitrogens with zero attached hydrogens (tertiary/aromatic N) is 1. The zero-order chi connectivity index (χ0) is 18.4. The zero-order valence-corrected chi connectivity index (χ0v) is 15.1. The van der Waals surface area contributed by atoms with Gasteiger partial charge < -0.3 is 15.4 Å². The third-order valence-corrected chi connectivity index (χ3v) is 3.62. The van der Waals surface area contributed by atoms with E-state index in [2.05, 4.69) is 15.6 Å². The monoisotopic (exact) mass is 361 g/mol. The molecule has 25 heavy (non-hydrogen) atoms. The Bertz CT molecular complexity index is 761. The molecule has 0 aliphatic rings. The van der Waals surface area contributed by atoms with Gasteiger partial charge in [-0.3, -0.25) is 4.79 Å². The van der Waals surface area contributed by atoms with Crippen molar-refractivity contribution in [3.8, 4) is 0 Å². The van der Waals surface area contributed by atoms with E-state index in [-0.39, 0.29) is 11.8 Å². The summed E-state index contributed by atoms with van der Waals surface area (Å²) in [6, 6.07) is 8.26. The van der Waals surface area contributed by atoms with E-state index < -0.39 is 5.97 Å². The fourth-order valence-electron chi connectivity index (χ4n) is 2.13. The molecule has 2 N–H and O–H groups in total. The number of esters is 1. The fraction of sp³-hybridized carbons (Fsp3) is 0.278. The number of ether oxygens (including phenoxy) is 1. The van der Waals surface area contributed by atoms with Crippen molar-refractivity contribution in [1.29, 1.82) is 0 Å². The molecule has 0 aliphatic heterocycles. The van der Waals surface area contributed by atoms with Gasteiger partial charge in [0.05, 0.1) is 35.3 Å². The van der Waals surface area contributed by atoms with E-state index in [0.29, 0.717) is 34.2 Å². The minimum absolute atomic E-state index is 0.0722. The molecule has 0 aliphatic carbocycles. The average Bonchev–Trinajstić information content (AvgIpc) is 2.57. The summed E-state index contributed by atoms with van der Waals surface area (Å²) in [5, 5.41) is 6.29.